The third kappa shape index (κ3) is 5.04. The first-order valence-corrected chi connectivity index (χ1v) is 5.36. The van der Waals surface area contributed by atoms with Gasteiger partial charge < -0.3 is 0 Å². The molecule has 0 aliphatic carbocycles. The lowest BCUT2D eigenvalue weighted by molar-refractivity contribution is 0.192. The van der Waals surface area contributed by atoms with Crippen molar-refractivity contribution in [1.29, 1.82) is 0 Å². The summed E-state index contributed by atoms with van der Waals surface area (Å²) >= 11 is -1.86. The molecule has 0 amide bonds. The normalized spacial score (nSPS) is 16.3. The molecule has 3 nitrogen and oxygen atoms in total. The molecule has 0 bridgehead atoms. The zero-order valence-corrected chi connectivity index (χ0v) is 9.17. The van der Waals surface area contributed by atoms with Crippen LogP contribution in [0.3, 0.4) is 0 Å². The molecule has 14 heavy (non-hydrogen) atoms. The van der Waals surface area contributed by atoms with Crippen LogP contribution in [0.15, 0.2) is 0 Å². The lowest BCUT2D eigenvalue weighted by atomic mass is 10.3. The Morgan fingerprint density at radius 2 is 1.50 bits per heavy atom. The molecule has 0 saturated heterocycles. The van der Waals surface area contributed by atoms with E-state index >= 15 is 0 Å². The van der Waals surface area contributed by atoms with E-state index in [4.69, 9.17) is 21.2 Å². The third-order valence-electron chi connectivity index (χ3n) is 1.50. The van der Waals surface area contributed by atoms with Crippen LogP contribution in [0.4, 0.5) is 0 Å². The lowest BCUT2D eigenvalue weighted by Gasteiger charge is -2.10. The van der Waals surface area contributed by atoms with Gasteiger partial charge in [0.2, 0.25) is 0 Å². The largest absolute Gasteiger partial charge is 0.307 e. The molecule has 0 aromatic heterocycles. The summed E-state index contributed by atoms with van der Waals surface area (Å²) in [4.78, 5) is 0. The van der Waals surface area contributed by atoms with Gasteiger partial charge in [0, 0.05) is 0 Å². The van der Waals surface area contributed by atoms with Gasteiger partial charge in [-0.15, -0.1) is 12.8 Å². The van der Waals surface area contributed by atoms with Crippen LogP contribution >= 0.6 is 0 Å². The summed E-state index contributed by atoms with van der Waals surface area (Å²) in [5, 5.41) is 0. The van der Waals surface area contributed by atoms with E-state index in [9.17, 15) is 4.21 Å². The van der Waals surface area contributed by atoms with Crippen molar-refractivity contribution in [3.8, 4) is 24.7 Å². The van der Waals surface area contributed by atoms with Crippen molar-refractivity contribution in [3.63, 3.8) is 0 Å². The van der Waals surface area contributed by atoms with Crippen LogP contribution in [0, 0.1) is 24.7 Å². The molecule has 4 heteroatoms. The van der Waals surface area contributed by atoms with Gasteiger partial charge in [-0.2, -0.15) is 4.21 Å². The lowest BCUT2D eigenvalue weighted by Crippen LogP contribution is -2.17. The Kier molecular flexibility index (Phi) is 7.14. The molecule has 0 aliphatic heterocycles. The fourth-order valence-electron chi connectivity index (χ4n) is 0.640. The first kappa shape index (κ1) is 13.2. The van der Waals surface area contributed by atoms with Gasteiger partial charge in [0.25, 0.3) is 0 Å². The average Bonchev–Trinajstić information content (AvgIpc) is 2.22. The Morgan fingerprint density at radius 3 is 1.71 bits per heavy atom. The van der Waals surface area contributed by atoms with Gasteiger partial charge in [0.15, 0.2) is 0 Å². The maximum atomic E-state index is 11.2. The number of hydrogen-bond donors (Lipinski definition) is 0. The van der Waals surface area contributed by atoms with E-state index < -0.39 is 23.6 Å². The van der Waals surface area contributed by atoms with Gasteiger partial charge in [-0.25, -0.2) is 0 Å². The van der Waals surface area contributed by atoms with Crippen molar-refractivity contribution in [2.45, 2.75) is 38.9 Å². The summed E-state index contributed by atoms with van der Waals surface area (Å²) in [5.41, 5.74) is 0. The van der Waals surface area contributed by atoms with E-state index in [2.05, 4.69) is 11.8 Å². The minimum atomic E-state index is -1.86. The summed E-state index contributed by atoms with van der Waals surface area (Å²) in [6, 6.07) is 0. The van der Waals surface area contributed by atoms with E-state index in [0.717, 1.165) is 0 Å². The SMILES string of the molecule is C#CC(CC)OS(=O)OC(C#C)CC. The summed E-state index contributed by atoms with van der Waals surface area (Å²) in [6.07, 6.45) is 10.4. The van der Waals surface area contributed by atoms with Crippen molar-refractivity contribution >= 4 is 11.4 Å². The number of hydrogen-bond acceptors (Lipinski definition) is 3. The summed E-state index contributed by atoms with van der Waals surface area (Å²) < 4.78 is 21.0. The molecule has 0 fully saturated rings. The average molecular weight is 214 g/mol. The molecule has 0 rings (SSSR count). The molecule has 0 spiro atoms. The molecule has 2 unspecified atom stereocenters. The Balaban J connectivity index is 3.99. The fraction of sp³-hybridized carbons (Fsp3) is 0.600. The summed E-state index contributed by atoms with van der Waals surface area (Å²) in [6.45, 7) is 3.67. The molecule has 0 heterocycles. The molecule has 0 aromatic rings. The molecular formula is C10H14O3S. The van der Waals surface area contributed by atoms with Crippen LogP contribution in [-0.2, 0) is 19.7 Å². The number of terminal acetylenes is 2. The summed E-state index contributed by atoms with van der Waals surface area (Å²) in [7, 11) is 0. The number of rotatable bonds is 6. The van der Waals surface area contributed by atoms with E-state index in [-0.39, 0.29) is 0 Å². The summed E-state index contributed by atoms with van der Waals surface area (Å²) in [5.74, 6) is 4.69. The van der Waals surface area contributed by atoms with E-state index in [1.165, 1.54) is 0 Å². The van der Waals surface area contributed by atoms with Gasteiger partial charge >= 0.3 is 11.4 Å². The second-order valence-corrected chi connectivity index (χ2v) is 3.32. The van der Waals surface area contributed by atoms with E-state index in [1.807, 2.05) is 13.8 Å². The quantitative estimate of drug-likeness (QED) is 0.627. The second kappa shape index (κ2) is 7.58. The topological polar surface area (TPSA) is 35.5 Å². The predicted octanol–water partition coefficient (Wildman–Crippen LogP) is 1.42. The van der Waals surface area contributed by atoms with Crippen LogP contribution in [0.1, 0.15) is 26.7 Å². The molecule has 2 atom stereocenters. The van der Waals surface area contributed by atoms with Crippen molar-refractivity contribution in [1.82, 2.24) is 0 Å². The van der Waals surface area contributed by atoms with Crippen molar-refractivity contribution in [3.05, 3.63) is 0 Å². The Labute approximate surface area is 88.0 Å². The molecule has 0 aliphatic rings. The fourth-order valence-corrected chi connectivity index (χ4v) is 1.45. The van der Waals surface area contributed by atoms with Crippen LogP contribution in [-0.4, -0.2) is 16.4 Å². The second-order valence-electron chi connectivity index (χ2n) is 2.52. The first-order chi connectivity index (χ1) is 6.67. The van der Waals surface area contributed by atoms with E-state index in [1.54, 1.807) is 0 Å². The van der Waals surface area contributed by atoms with Crippen molar-refractivity contribution in [2.24, 2.45) is 0 Å². The first-order valence-electron chi connectivity index (χ1n) is 4.36. The van der Waals surface area contributed by atoms with Gasteiger partial charge in [0.05, 0.1) is 0 Å². The molecule has 0 aromatic carbocycles. The van der Waals surface area contributed by atoms with Gasteiger partial charge in [-0.1, -0.05) is 25.7 Å². The molecular weight excluding hydrogens is 200 g/mol. The highest BCUT2D eigenvalue weighted by Crippen LogP contribution is 2.05. The molecule has 78 valence electrons. The van der Waals surface area contributed by atoms with Crippen LogP contribution in [0.25, 0.3) is 0 Å². The standard InChI is InChI=1S/C10H14O3S/c1-5-9(6-2)12-14(11)13-10(7-3)8-4/h1,3,9-10H,6,8H2,2,4H3. The Morgan fingerprint density at radius 1 is 1.14 bits per heavy atom. The Bertz CT molecular complexity index is 236. The Hall–Kier alpha value is -0.810. The maximum Gasteiger partial charge on any atom is 0.307 e. The van der Waals surface area contributed by atoms with Gasteiger partial charge in [-0.3, -0.25) is 8.37 Å². The predicted molar refractivity (Wildman–Crippen MR) is 56.1 cm³/mol. The van der Waals surface area contributed by atoms with Crippen molar-refractivity contribution < 1.29 is 12.6 Å². The van der Waals surface area contributed by atoms with Crippen molar-refractivity contribution in [2.75, 3.05) is 0 Å². The van der Waals surface area contributed by atoms with Crippen LogP contribution < -0.4 is 0 Å². The van der Waals surface area contributed by atoms with Gasteiger partial charge in [0.1, 0.15) is 12.2 Å². The molecule has 0 radical (unpaired) electrons. The van der Waals surface area contributed by atoms with Gasteiger partial charge in [-0.05, 0) is 12.8 Å². The zero-order valence-electron chi connectivity index (χ0n) is 8.36. The minimum absolute atomic E-state index is 0.494. The monoisotopic (exact) mass is 214 g/mol. The maximum absolute atomic E-state index is 11.2. The van der Waals surface area contributed by atoms with E-state index in [0.29, 0.717) is 12.8 Å². The smallest absolute Gasteiger partial charge is 0.252 e. The minimum Gasteiger partial charge on any atom is -0.252 e. The zero-order chi connectivity index (χ0) is 11.0. The highest BCUT2D eigenvalue weighted by atomic mass is 32.2. The van der Waals surface area contributed by atoms with Crippen LogP contribution in [0.2, 0.25) is 0 Å². The molecule has 0 saturated carbocycles. The van der Waals surface area contributed by atoms with Crippen LogP contribution in [0.5, 0.6) is 0 Å². The third-order valence-corrected chi connectivity index (χ3v) is 2.28. The highest BCUT2D eigenvalue weighted by molar-refractivity contribution is 7.75. The molecule has 0 N–H and O–H groups in total. The highest BCUT2D eigenvalue weighted by Gasteiger charge is 2.13.